The quantitative estimate of drug-likeness (QED) is 0.875. The normalized spacial score (nSPS) is 12.9. The number of carbonyl (C=O) groups is 2. The monoisotopic (exact) mass is 284 g/mol. The van der Waals surface area contributed by atoms with Gasteiger partial charge in [0, 0.05) is 25.0 Å². The summed E-state index contributed by atoms with van der Waals surface area (Å²) in [6.07, 6.45) is 1.86. The standard InChI is InChI=1S/C14H12N4O3/c19-13(12-3-4-15-8-16-12)17-11-2-1-9-6-18(14(20)21)7-10(9)5-11/h1-5,8H,6-7H2,(H,17,19)(H,20,21). The molecule has 0 spiro atoms. The van der Waals surface area contributed by atoms with Crippen molar-refractivity contribution in [3.63, 3.8) is 0 Å². The Morgan fingerprint density at radius 2 is 2.00 bits per heavy atom. The number of amides is 2. The summed E-state index contributed by atoms with van der Waals surface area (Å²) >= 11 is 0. The van der Waals surface area contributed by atoms with Crippen molar-refractivity contribution in [2.75, 3.05) is 5.32 Å². The van der Waals surface area contributed by atoms with Crippen LogP contribution in [0.15, 0.2) is 36.8 Å². The molecule has 0 radical (unpaired) electrons. The molecule has 1 aromatic carbocycles. The topological polar surface area (TPSA) is 95.4 Å². The van der Waals surface area contributed by atoms with Gasteiger partial charge in [-0.1, -0.05) is 6.07 Å². The number of rotatable bonds is 2. The molecule has 2 N–H and O–H groups in total. The van der Waals surface area contributed by atoms with E-state index in [0.29, 0.717) is 18.8 Å². The number of nitrogens with zero attached hydrogens (tertiary/aromatic N) is 3. The van der Waals surface area contributed by atoms with Gasteiger partial charge in [0.1, 0.15) is 12.0 Å². The third kappa shape index (κ3) is 2.66. The van der Waals surface area contributed by atoms with Crippen molar-refractivity contribution in [2.45, 2.75) is 13.1 Å². The predicted octanol–water partition coefficient (Wildman–Crippen LogP) is 1.72. The van der Waals surface area contributed by atoms with E-state index < -0.39 is 6.09 Å². The lowest BCUT2D eigenvalue weighted by Crippen LogP contribution is -2.22. The third-order valence-electron chi connectivity index (χ3n) is 3.27. The van der Waals surface area contributed by atoms with Gasteiger partial charge in [-0.05, 0) is 29.3 Å². The van der Waals surface area contributed by atoms with Crippen LogP contribution in [-0.2, 0) is 13.1 Å². The van der Waals surface area contributed by atoms with Crippen molar-refractivity contribution < 1.29 is 14.7 Å². The number of fused-ring (bicyclic) bond motifs is 1. The minimum Gasteiger partial charge on any atom is -0.465 e. The summed E-state index contributed by atoms with van der Waals surface area (Å²) in [6, 6.07) is 6.89. The van der Waals surface area contributed by atoms with Crippen LogP contribution in [0.4, 0.5) is 10.5 Å². The molecule has 2 aromatic rings. The highest BCUT2D eigenvalue weighted by Gasteiger charge is 2.23. The first-order valence-corrected chi connectivity index (χ1v) is 6.30. The average Bonchev–Trinajstić information content (AvgIpc) is 2.91. The molecule has 1 aliphatic rings. The zero-order chi connectivity index (χ0) is 14.8. The highest BCUT2D eigenvalue weighted by Crippen LogP contribution is 2.25. The maximum absolute atomic E-state index is 12.0. The van der Waals surface area contributed by atoms with Crippen molar-refractivity contribution in [1.29, 1.82) is 0 Å². The fourth-order valence-electron chi connectivity index (χ4n) is 2.23. The van der Waals surface area contributed by atoms with E-state index in [-0.39, 0.29) is 11.6 Å². The van der Waals surface area contributed by atoms with E-state index in [0.717, 1.165) is 11.1 Å². The van der Waals surface area contributed by atoms with Crippen LogP contribution in [-0.4, -0.2) is 32.0 Å². The minimum atomic E-state index is -0.947. The second-order valence-electron chi connectivity index (χ2n) is 4.67. The van der Waals surface area contributed by atoms with E-state index in [1.807, 2.05) is 6.07 Å². The molecule has 0 fully saturated rings. The van der Waals surface area contributed by atoms with Gasteiger partial charge in [-0.3, -0.25) is 9.69 Å². The van der Waals surface area contributed by atoms with Gasteiger partial charge >= 0.3 is 6.09 Å². The summed E-state index contributed by atoms with van der Waals surface area (Å²) in [5.74, 6) is -0.328. The molecule has 1 aromatic heterocycles. The number of hydrogen-bond donors (Lipinski definition) is 2. The van der Waals surface area contributed by atoms with E-state index in [1.165, 1.54) is 23.5 Å². The molecule has 1 aliphatic heterocycles. The van der Waals surface area contributed by atoms with Crippen LogP contribution >= 0.6 is 0 Å². The largest absolute Gasteiger partial charge is 0.465 e. The molecule has 106 valence electrons. The number of anilines is 1. The zero-order valence-corrected chi connectivity index (χ0v) is 11.0. The van der Waals surface area contributed by atoms with Gasteiger partial charge in [0.05, 0.1) is 0 Å². The first kappa shape index (κ1) is 13.0. The first-order valence-electron chi connectivity index (χ1n) is 6.30. The van der Waals surface area contributed by atoms with Gasteiger partial charge in [0.15, 0.2) is 0 Å². The maximum atomic E-state index is 12.0. The van der Waals surface area contributed by atoms with Gasteiger partial charge < -0.3 is 10.4 Å². The molecule has 0 unspecified atom stereocenters. The summed E-state index contributed by atoms with van der Waals surface area (Å²) in [6.45, 7) is 0.715. The Labute approximate surface area is 120 Å². The molecule has 0 aliphatic carbocycles. The van der Waals surface area contributed by atoms with Crippen LogP contribution in [0.5, 0.6) is 0 Å². The van der Waals surface area contributed by atoms with Gasteiger partial charge in [-0.15, -0.1) is 0 Å². The molecular weight excluding hydrogens is 272 g/mol. The highest BCUT2D eigenvalue weighted by molar-refractivity contribution is 6.02. The third-order valence-corrected chi connectivity index (χ3v) is 3.27. The van der Waals surface area contributed by atoms with E-state index in [4.69, 9.17) is 5.11 Å². The summed E-state index contributed by atoms with van der Waals surface area (Å²) in [7, 11) is 0. The lowest BCUT2D eigenvalue weighted by atomic mass is 10.1. The lowest BCUT2D eigenvalue weighted by Gasteiger charge is -2.08. The molecule has 3 rings (SSSR count). The van der Waals surface area contributed by atoms with Crippen LogP contribution in [0.25, 0.3) is 0 Å². The Hall–Kier alpha value is -2.96. The van der Waals surface area contributed by atoms with Gasteiger partial charge in [0.2, 0.25) is 0 Å². The van der Waals surface area contributed by atoms with Crippen LogP contribution < -0.4 is 5.32 Å². The molecule has 0 atom stereocenters. The fraction of sp³-hybridized carbons (Fsp3) is 0.143. The predicted molar refractivity (Wildman–Crippen MR) is 73.7 cm³/mol. The molecule has 21 heavy (non-hydrogen) atoms. The smallest absolute Gasteiger partial charge is 0.407 e. The molecule has 0 saturated heterocycles. The van der Waals surface area contributed by atoms with Crippen LogP contribution in [0.2, 0.25) is 0 Å². The molecule has 7 nitrogen and oxygen atoms in total. The van der Waals surface area contributed by atoms with E-state index in [1.54, 1.807) is 12.1 Å². The Morgan fingerprint density at radius 3 is 2.71 bits per heavy atom. The number of carbonyl (C=O) groups excluding carboxylic acids is 1. The van der Waals surface area contributed by atoms with E-state index in [2.05, 4.69) is 15.3 Å². The second-order valence-corrected chi connectivity index (χ2v) is 4.67. The van der Waals surface area contributed by atoms with E-state index >= 15 is 0 Å². The number of aromatic nitrogens is 2. The first-order chi connectivity index (χ1) is 10.1. The summed E-state index contributed by atoms with van der Waals surface area (Å²) in [4.78, 5) is 31.9. The zero-order valence-electron chi connectivity index (χ0n) is 11.0. The average molecular weight is 284 g/mol. The minimum absolute atomic E-state index is 0.276. The van der Waals surface area contributed by atoms with Crippen molar-refractivity contribution >= 4 is 17.7 Å². The Kier molecular flexibility index (Phi) is 3.23. The van der Waals surface area contributed by atoms with Crippen molar-refractivity contribution in [2.24, 2.45) is 0 Å². The SMILES string of the molecule is O=C(Nc1ccc2c(c1)CN(C(=O)O)C2)c1ccncn1. The Balaban J connectivity index is 1.76. The molecule has 2 heterocycles. The Morgan fingerprint density at radius 1 is 1.19 bits per heavy atom. The van der Waals surface area contributed by atoms with Crippen molar-refractivity contribution in [3.8, 4) is 0 Å². The molecule has 0 saturated carbocycles. The Bertz CT molecular complexity index is 703. The number of nitrogens with one attached hydrogen (secondary N) is 1. The molecular formula is C14H12N4O3. The van der Waals surface area contributed by atoms with E-state index in [9.17, 15) is 9.59 Å². The fourth-order valence-corrected chi connectivity index (χ4v) is 2.23. The number of carboxylic acid groups (broad SMARTS) is 1. The number of hydrogen-bond acceptors (Lipinski definition) is 4. The maximum Gasteiger partial charge on any atom is 0.407 e. The van der Waals surface area contributed by atoms with Crippen molar-refractivity contribution in [3.05, 3.63) is 53.6 Å². The summed E-state index contributed by atoms with van der Waals surface area (Å²) in [5.41, 5.74) is 2.75. The summed E-state index contributed by atoms with van der Waals surface area (Å²) in [5, 5.41) is 11.7. The molecule has 7 heteroatoms. The lowest BCUT2D eigenvalue weighted by molar-refractivity contribution is 0.102. The molecule has 0 bridgehead atoms. The number of benzene rings is 1. The highest BCUT2D eigenvalue weighted by atomic mass is 16.4. The van der Waals surface area contributed by atoms with Crippen molar-refractivity contribution in [1.82, 2.24) is 14.9 Å². The van der Waals surface area contributed by atoms with Gasteiger partial charge in [0.25, 0.3) is 5.91 Å². The van der Waals surface area contributed by atoms with Crippen LogP contribution in [0, 0.1) is 0 Å². The van der Waals surface area contributed by atoms with Crippen LogP contribution in [0.1, 0.15) is 21.6 Å². The van der Waals surface area contributed by atoms with Gasteiger partial charge in [-0.25, -0.2) is 14.8 Å². The summed E-state index contributed by atoms with van der Waals surface area (Å²) < 4.78 is 0. The van der Waals surface area contributed by atoms with Gasteiger partial charge in [-0.2, -0.15) is 0 Å². The van der Waals surface area contributed by atoms with Crippen LogP contribution in [0.3, 0.4) is 0 Å². The second kappa shape index (κ2) is 5.20. The molecule has 2 amide bonds.